The van der Waals surface area contributed by atoms with E-state index in [2.05, 4.69) is 5.32 Å². The highest BCUT2D eigenvalue weighted by Gasteiger charge is 2.21. The van der Waals surface area contributed by atoms with Crippen molar-refractivity contribution in [2.24, 2.45) is 5.73 Å². The van der Waals surface area contributed by atoms with E-state index in [1.807, 2.05) is 24.3 Å². The van der Waals surface area contributed by atoms with Crippen LogP contribution in [0.25, 0.3) is 0 Å². The molecule has 0 radical (unpaired) electrons. The van der Waals surface area contributed by atoms with Crippen LogP contribution in [0.1, 0.15) is 37.7 Å². The Balaban J connectivity index is 1.87. The summed E-state index contributed by atoms with van der Waals surface area (Å²) in [6, 6.07) is 7.82. The summed E-state index contributed by atoms with van der Waals surface area (Å²) in [5.74, 6) is 0.859. The molecule has 1 amide bonds. The van der Waals surface area contributed by atoms with Crippen LogP contribution in [0.5, 0.6) is 5.75 Å². The van der Waals surface area contributed by atoms with Gasteiger partial charge in [0.05, 0.1) is 13.5 Å². The summed E-state index contributed by atoms with van der Waals surface area (Å²) in [5, 5.41) is 3.09. The lowest BCUT2D eigenvalue weighted by Crippen LogP contribution is -2.47. The van der Waals surface area contributed by atoms with Crippen molar-refractivity contribution in [3.63, 3.8) is 0 Å². The molecule has 1 fully saturated rings. The van der Waals surface area contributed by atoms with Gasteiger partial charge in [0.1, 0.15) is 5.75 Å². The first-order valence-corrected chi connectivity index (χ1v) is 7.37. The predicted octanol–water partition coefficient (Wildman–Crippen LogP) is 2.01. The van der Waals surface area contributed by atoms with Crippen molar-refractivity contribution in [3.05, 3.63) is 29.8 Å². The van der Waals surface area contributed by atoms with Crippen LogP contribution in [0, 0.1) is 0 Å². The van der Waals surface area contributed by atoms with Gasteiger partial charge in [-0.3, -0.25) is 4.79 Å². The maximum absolute atomic E-state index is 12.1. The molecule has 2 atom stereocenters. The largest absolute Gasteiger partial charge is 0.497 e. The normalized spacial score (nSPS) is 22.9. The van der Waals surface area contributed by atoms with E-state index in [-0.39, 0.29) is 18.0 Å². The number of hydrogen-bond acceptors (Lipinski definition) is 3. The zero-order valence-corrected chi connectivity index (χ0v) is 12.1. The molecular formula is C16H24N2O2. The molecule has 2 unspecified atom stereocenters. The molecule has 0 aliphatic heterocycles. The van der Waals surface area contributed by atoms with Crippen LogP contribution in [0.15, 0.2) is 24.3 Å². The van der Waals surface area contributed by atoms with Crippen molar-refractivity contribution in [3.8, 4) is 5.75 Å². The van der Waals surface area contributed by atoms with Gasteiger partial charge in [-0.15, -0.1) is 0 Å². The van der Waals surface area contributed by atoms with Crippen molar-refractivity contribution in [2.45, 2.75) is 50.6 Å². The van der Waals surface area contributed by atoms with E-state index in [1.54, 1.807) is 7.11 Å². The second kappa shape index (κ2) is 7.29. The van der Waals surface area contributed by atoms with Crippen molar-refractivity contribution in [1.82, 2.24) is 5.32 Å². The van der Waals surface area contributed by atoms with Crippen molar-refractivity contribution in [2.75, 3.05) is 7.11 Å². The van der Waals surface area contributed by atoms with Gasteiger partial charge in [-0.1, -0.05) is 31.4 Å². The molecule has 1 aliphatic carbocycles. The van der Waals surface area contributed by atoms with Crippen LogP contribution >= 0.6 is 0 Å². The maximum Gasteiger partial charge on any atom is 0.224 e. The number of ether oxygens (including phenoxy) is 1. The Morgan fingerprint density at radius 3 is 2.65 bits per heavy atom. The lowest BCUT2D eigenvalue weighted by molar-refractivity contribution is -0.121. The van der Waals surface area contributed by atoms with Gasteiger partial charge in [0, 0.05) is 12.1 Å². The van der Waals surface area contributed by atoms with E-state index < -0.39 is 0 Å². The van der Waals surface area contributed by atoms with Crippen LogP contribution in [-0.4, -0.2) is 25.1 Å². The molecule has 0 aromatic heterocycles. The molecule has 1 aromatic carbocycles. The number of hydrogen-bond donors (Lipinski definition) is 2. The highest BCUT2D eigenvalue weighted by Crippen LogP contribution is 2.17. The number of nitrogens with two attached hydrogens (primary N) is 1. The third-order valence-electron chi connectivity index (χ3n) is 3.94. The first kappa shape index (κ1) is 14.9. The van der Waals surface area contributed by atoms with Gasteiger partial charge in [0.25, 0.3) is 0 Å². The quantitative estimate of drug-likeness (QED) is 0.827. The SMILES string of the molecule is COc1ccc(CC(=O)NC2CCCCCC2N)cc1. The fraction of sp³-hybridized carbons (Fsp3) is 0.562. The molecule has 4 heteroatoms. The average Bonchev–Trinajstić information content (AvgIpc) is 2.65. The van der Waals surface area contributed by atoms with Gasteiger partial charge in [-0.25, -0.2) is 0 Å². The van der Waals surface area contributed by atoms with Gasteiger partial charge in [0.15, 0.2) is 0 Å². The summed E-state index contributed by atoms with van der Waals surface area (Å²) < 4.78 is 5.11. The number of amides is 1. The summed E-state index contributed by atoms with van der Waals surface area (Å²) in [6.45, 7) is 0. The van der Waals surface area contributed by atoms with Gasteiger partial charge >= 0.3 is 0 Å². The Hall–Kier alpha value is -1.55. The van der Waals surface area contributed by atoms with Gasteiger partial charge in [0.2, 0.25) is 5.91 Å². The van der Waals surface area contributed by atoms with E-state index in [1.165, 1.54) is 12.8 Å². The van der Waals surface area contributed by atoms with Crippen LogP contribution in [-0.2, 0) is 11.2 Å². The average molecular weight is 276 g/mol. The zero-order chi connectivity index (χ0) is 14.4. The minimum Gasteiger partial charge on any atom is -0.497 e. The lowest BCUT2D eigenvalue weighted by Gasteiger charge is -2.22. The second-order valence-corrected chi connectivity index (χ2v) is 5.50. The third kappa shape index (κ3) is 4.23. The molecule has 0 spiro atoms. The van der Waals surface area contributed by atoms with Crippen molar-refractivity contribution >= 4 is 5.91 Å². The zero-order valence-electron chi connectivity index (χ0n) is 12.1. The number of nitrogens with one attached hydrogen (secondary N) is 1. The standard InChI is InChI=1S/C16H24N2O2/c1-20-13-9-7-12(8-10-13)11-16(19)18-15-6-4-2-3-5-14(15)17/h7-10,14-15H,2-6,11,17H2,1H3,(H,18,19). The molecule has 110 valence electrons. The van der Waals surface area contributed by atoms with Gasteiger partial charge in [-0.05, 0) is 30.5 Å². The van der Waals surface area contributed by atoms with E-state index in [4.69, 9.17) is 10.5 Å². The molecule has 3 N–H and O–H groups in total. The van der Waals surface area contributed by atoms with E-state index in [0.29, 0.717) is 6.42 Å². The highest BCUT2D eigenvalue weighted by molar-refractivity contribution is 5.79. The second-order valence-electron chi connectivity index (χ2n) is 5.50. The third-order valence-corrected chi connectivity index (χ3v) is 3.94. The Morgan fingerprint density at radius 1 is 1.25 bits per heavy atom. The van der Waals surface area contributed by atoms with Crippen LogP contribution in [0.2, 0.25) is 0 Å². The molecule has 2 rings (SSSR count). The van der Waals surface area contributed by atoms with Crippen LogP contribution in [0.4, 0.5) is 0 Å². The summed E-state index contributed by atoms with van der Waals surface area (Å²) in [5.41, 5.74) is 7.12. The van der Waals surface area contributed by atoms with Crippen LogP contribution in [0.3, 0.4) is 0 Å². The number of rotatable bonds is 4. The summed E-state index contributed by atoms with van der Waals surface area (Å²) in [4.78, 5) is 12.1. The Labute approximate surface area is 120 Å². The smallest absolute Gasteiger partial charge is 0.224 e. The summed E-state index contributed by atoms with van der Waals surface area (Å²) >= 11 is 0. The van der Waals surface area contributed by atoms with Gasteiger partial charge < -0.3 is 15.8 Å². The molecule has 0 bridgehead atoms. The van der Waals surface area contributed by atoms with Crippen molar-refractivity contribution in [1.29, 1.82) is 0 Å². The molecular weight excluding hydrogens is 252 g/mol. The van der Waals surface area contributed by atoms with E-state index in [0.717, 1.165) is 30.6 Å². The number of methoxy groups -OCH3 is 1. The fourth-order valence-electron chi connectivity index (χ4n) is 2.70. The Kier molecular flexibility index (Phi) is 5.41. The van der Waals surface area contributed by atoms with Gasteiger partial charge in [-0.2, -0.15) is 0 Å². The first-order chi connectivity index (χ1) is 9.69. The van der Waals surface area contributed by atoms with Crippen molar-refractivity contribution < 1.29 is 9.53 Å². The minimum absolute atomic E-state index is 0.0533. The Bertz CT molecular complexity index is 431. The number of carbonyl (C=O) groups is 1. The molecule has 1 aliphatic rings. The summed E-state index contributed by atoms with van der Waals surface area (Å²) in [7, 11) is 1.63. The van der Waals surface area contributed by atoms with Crippen LogP contribution < -0.4 is 15.8 Å². The minimum atomic E-state index is 0.0533. The molecule has 0 heterocycles. The molecule has 0 saturated heterocycles. The first-order valence-electron chi connectivity index (χ1n) is 7.37. The predicted molar refractivity (Wildman–Crippen MR) is 79.7 cm³/mol. The fourth-order valence-corrected chi connectivity index (χ4v) is 2.70. The monoisotopic (exact) mass is 276 g/mol. The number of carbonyl (C=O) groups excluding carboxylic acids is 1. The highest BCUT2D eigenvalue weighted by atomic mass is 16.5. The van der Waals surface area contributed by atoms with E-state index >= 15 is 0 Å². The summed E-state index contributed by atoms with van der Waals surface area (Å²) in [6.07, 6.45) is 5.95. The maximum atomic E-state index is 12.1. The molecule has 1 saturated carbocycles. The molecule has 4 nitrogen and oxygen atoms in total. The van der Waals surface area contributed by atoms with E-state index in [9.17, 15) is 4.79 Å². The molecule has 20 heavy (non-hydrogen) atoms. The Morgan fingerprint density at radius 2 is 1.95 bits per heavy atom. The molecule has 1 aromatic rings. The topological polar surface area (TPSA) is 64.3 Å². The number of benzene rings is 1. The lowest BCUT2D eigenvalue weighted by atomic mass is 10.0.